The maximum Gasteiger partial charge on any atom is 0.0428 e. The molecule has 4 unspecified atom stereocenters. The number of nitrogens with zero attached hydrogens (tertiary/aromatic N) is 1. The van der Waals surface area contributed by atoms with Crippen LogP contribution in [-0.4, -0.2) is 30.1 Å². The number of nitrogens with one attached hydrogen (secondary N) is 1. The first-order valence-electron chi connectivity index (χ1n) is 8.11. The Morgan fingerprint density at radius 3 is 3.10 bits per heavy atom. The minimum Gasteiger partial charge on any atom is -0.381 e. The van der Waals surface area contributed by atoms with Gasteiger partial charge in [-0.15, -0.1) is 0 Å². The van der Waals surface area contributed by atoms with Crippen LogP contribution in [0.3, 0.4) is 0 Å². The Morgan fingerprint density at radius 1 is 1.30 bits per heavy atom. The van der Waals surface area contributed by atoms with Crippen LogP contribution in [0.15, 0.2) is 35.9 Å². The van der Waals surface area contributed by atoms with Crippen LogP contribution in [0.5, 0.6) is 0 Å². The fraction of sp³-hybridized carbons (Fsp3) is 0.556. The molecule has 0 amide bonds. The normalized spacial score (nSPS) is 43.2. The lowest BCUT2D eigenvalue weighted by atomic mass is 9.58. The molecule has 1 saturated carbocycles. The molecule has 2 nitrogen and oxygen atoms in total. The van der Waals surface area contributed by atoms with E-state index in [1.807, 2.05) is 0 Å². The van der Waals surface area contributed by atoms with E-state index in [0.29, 0.717) is 17.5 Å². The molecule has 4 atom stereocenters. The second-order valence-electron chi connectivity index (χ2n) is 6.98. The lowest BCUT2D eigenvalue weighted by molar-refractivity contribution is 0.124. The van der Waals surface area contributed by atoms with Crippen molar-refractivity contribution >= 4 is 5.69 Å². The van der Waals surface area contributed by atoms with Crippen molar-refractivity contribution in [2.75, 3.05) is 18.4 Å². The van der Waals surface area contributed by atoms with Gasteiger partial charge in [0.25, 0.3) is 0 Å². The van der Waals surface area contributed by atoms with E-state index in [9.17, 15) is 0 Å². The van der Waals surface area contributed by atoms with Gasteiger partial charge in [-0.2, -0.15) is 0 Å². The van der Waals surface area contributed by atoms with Crippen molar-refractivity contribution in [3.63, 3.8) is 0 Å². The highest BCUT2D eigenvalue weighted by molar-refractivity contribution is 5.65. The molecule has 1 N–H and O–H groups in total. The Hall–Kier alpha value is -1.28. The summed E-state index contributed by atoms with van der Waals surface area (Å²) in [6.45, 7) is 4.84. The largest absolute Gasteiger partial charge is 0.381 e. The minimum absolute atomic E-state index is 0.357. The van der Waals surface area contributed by atoms with E-state index >= 15 is 0 Å². The molecule has 5 rings (SSSR count). The van der Waals surface area contributed by atoms with Gasteiger partial charge in [-0.1, -0.05) is 29.8 Å². The molecule has 1 aliphatic carbocycles. The van der Waals surface area contributed by atoms with E-state index in [2.05, 4.69) is 47.5 Å². The molecule has 2 saturated heterocycles. The molecular formula is C18H22N2. The van der Waals surface area contributed by atoms with E-state index in [0.717, 1.165) is 5.92 Å². The van der Waals surface area contributed by atoms with Crippen molar-refractivity contribution < 1.29 is 0 Å². The number of rotatable bonds is 0. The van der Waals surface area contributed by atoms with Crippen LogP contribution in [0.2, 0.25) is 0 Å². The van der Waals surface area contributed by atoms with Crippen LogP contribution in [0.1, 0.15) is 31.7 Å². The third-order valence-electron chi connectivity index (χ3n) is 6.45. The van der Waals surface area contributed by atoms with Gasteiger partial charge in [-0.3, -0.25) is 4.90 Å². The Balaban J connectivity index is 1.76. The Labute approximate surface area is 120 Å². The summed E-state index contributed by atoms with van der Waals surface area (Å²) < 4.78 is 0. The van der Waals surface area contributed by atoms with Crippen molar-refractivity contribution in [1.82, 2.24) is 4.90 Å². The first kappa shape index (κ1) is 11.4. The second-order valence-corrected chi connectivity index (χ2v) is 6.98. The zero-order chi connectivity index (χ0) is 13.3. The molecule has 104 valence electrons. The summed E-state index contributed by atoms with van der Waals surface area (Å²) in [5.41, 5.74) is 5.10. The fourth-order valence-electron chi connectivity index (χ4n) is 5.75. The zero-order valence-electron chi connectivity index (χ0n) is 12.1. The van der Waals surface area contributed by atoms with Gasteiger partial charge in [-0.25, -0.2) is 0 Å². The number of fused-ring (bicyclic) bond motifs is 2. The maximum atomic E-state index is 3.87. The zero-order valence-corrected chi connectivity index (χ0v) is 12.1. The van der Waals surface area contributed by atoms with Crippen LogP contribution in [0.25, 0.3) is 0 Å². The van der Waals surface area contributed by atoms with Crippen LogP contribution < -0.4 is 5.32 Å². The van der Waals surface area contributed by atoms with Gasteiger partial charge in [0.1, 0.15) is 0 Å². The summed E-state index contributed by atoms with van der Waals surface area (Å²) in [5.74, 6) is 0.819. The number of anilines is 1. The van der Waals surface area contributed by atoms with Gasteiger partial charge in [0, 0.05) is 23.2 Å². The highest BCUT2D eigenvalue weighted by Gasteiger charge is 2.62. The van der Waals surface area contributed by atoms with E-state index < -0.39 is 0 Å². The molecule has 4 aliphatic rings. The predicted octanol–water partition coefficient (Wildman–Crippen LogP) is 3.16. The summed E-state index contributed by atoms with van der Waals surface area (Å²) in [5, 5.41) is 3.87. The van der Waals surface area contributed by atoms with Crippen molar-refractivity contribution in [3.8, 4) is 0 Å². The molecule has 1 aromatic carbocycles. The number of para-hydroxylation sites is 1. The third kappa shape index (κ3) is 1.12. The first-order valence-corrected chi connectivity index (χ1v) is 8.11. The second kappa shape index (κ2) is 3.67. The van der Waals surface area contributed by atoms with Crippen molar-refractivity contribution in [2.45, 2.75) is 43.7 Å². The van der Waals surface area contributed by atoms with Crippen molar-refractivity contribution in [1.29, 1.82) is 0 Å². The number of hydrogen-bond acceptors (Lipinski definition) is 2. The van der Waals surface area contributed by atoms with Crippen LogP contribution >= 0.6 is 0 Å². The van der Waals surface area contributed by atoms with E-state index in [-0.39, 0.29) is 0 Å². The lowest BCUT2D eigenvalue weighted by Gasteiger charge is -2.52. The molecule has 3 heterocycles. The standard InChI is InChI=1S/C18H22N2/c1-2-13-12-7-9-20-10-8-18(17(13)20)14-5-3-4-6-15(14)19-16(18)11-12/h2-6,12,16-17,19H,7-11H2,1H3. The lowest BCUT2D eigenvalue weighted by Crippen LogP contribution is -2.58. The molecule has 0 radical (unpaired) electrons. The Morgan fingerprint density at radius 2 is 2.20 bits per heavy atom. The number of benzene rings is 1. The van der Waals surface area contributed by atoms with Gasteiger partial charge < -0.3 is 5.32 Å². The van der Waals surface area contributed by atoms with Crippen LogP contribution in [0.4, 0.5) is 5.69 Å². The predicted molar refractivity (Wildman–Crippen MR) is 82.0 cm³/mol. The van der Waals surface area contributed by atoms with E-state index in [4.69, 9.17) is 0 Å². The quantitative estimate of drug-likeness (QED) is 0.726. The molecule has 0 aromatic heterocycles. The number of allylic oxidation sites excluding steroid dienone is 1. The number of hydrogen-bond donors (Lipinski definition) is 1. The smallest absolute Gasteiger partial charge is 0.0428 e. The van der Waals surface area contributed by atoms with Gasteiger partial charge >= 0.3 is 0 Å². The van der Waals surface area contributed by atoms with Gasteiger partial charge in [0.05, 0.1) is 0 Å². The molecule has 2 bridgehead atoms. The van der Waals surface area contributed by atoms with Gasteiger partial charge in [-0.05, 0) is 56.8 Å². The monoisotopic (exact) mass is 266 g/mol. The van der Waals surface area contributed by atoms with Gasteiger partial charge in [0.15, 0.2) is 0 Å². The molecule has 3 fully saturated rings. The van der Waals surface area contributed by atoms with E-state index in [1.54, 1.807) is 11.1 Å². The summed E-state index contributed by atoms with van der Waals surface area (Å²) in [6, 6.07) is 10.4. The average molecular weight is 266 g/mol. The SMILES string of the molecule is CC=C1C2CCN3CCC4(c5ccccc5NC4C2)C13. The molecule has 3 aliphatic heterocycles. The topological polar surface area (TPSA) is 15.3 Å². The van der Waals surface area contributed by atoms with Crippen LogP contribution in [-0.2, 0) is 5.41 Å². The molecule has 1 spiro atoms. The summed E-state index contributed by atoms with van der Waals surface area (Å²) >= 11 is 0. The Bertz CT molecular complexity index is 605. The summed E-state index contributed by atoms with van der Waals surface area (Å²) in [7, 11) is 0. The van der Waals surface area contributed by atoms with Gasteiger partial charge in [0.2, 0.25) is 0 Å². The first-order chi connectivity index (χ1) is 9.84. The summed E-state index contributed by atoms with van der Waals surface area (Å²) in [6.07, 6.45) is 6.46. The number of piperidine rings is 1. The third-order valence-corrected chi connectivity index (χ3v) is 6.45. The molecule has 2 heteroatoms. The fourth-order valence-corrected chi connectivity index (χ4v) is 5.75. The van der Waals surface area contributed by atoms with Crippen molar-refractivity contribution in [2.24, 2.45) is 5.92 Å². The summed E-state index contributed by atoms with van der Waals surface area (Å²) in [4.78, 5) is 2.77. The molecule has 1 aromatic rings. The highest BCUT2D eigenvalue weighted by Crippen LogP contribution is 2.60. The highest BCUT2D eigenvalue weighted by atomic mass is 15.2. The van der Waals surface area contributed by atoms with E-state index in [1.165, 1.54) is 38.0 Å². The maximum absolute atomic E-state index is 3.87. The average Bonchev–Trinajstić information content (AvgIpc) is 3.03. The molecule has 20 heavy (non-hydrogen) atoms. The Kier molecular flexibility index (Phi) is 2.09. The minimum atomic E-state index is 0.357. The van der Waals surface area contributed by atoms with Crippen molar-refractivity contribution in [3.05, 3.63) is 41.5 Å². The molecular weight excluding hydrogens is 244 g/mol. The van der Waals surface area contributed by atoms with Crippen LogP contribution in [0, 0.1) is 5.92 Å².